The molecule has 0 amide bonds. The lowest BCUT2D eigenvalue weighted by atomic mass is 9.34. The molecule has 3 aromatic heterocycles. The first-order valence-corrected chi connectivity index (χ1v) is 17.5. The molecule has 0 saturated heterocycles. The second-order valence-electron chi connectivity index (χ2n) is 13.4. The summed E-state index contributed by atoms with van der Waals surface area (Å²) in [6.45, 7) is -0.0396. The van der Waals surface area contributed by atoms with Crippen molar-refractivity contribution in [3.63, 3.8) is 0 Å². The van der Waals surface area contributed by atoms with E-state index in [-0.39, 0.29) is 6.71 Å². The molecule has 5 heterocycles. The number of nitrogens with zero attached hydrogens (tertiary/aromatic N) is 3. The number of pyridine rings is 2. The summed E-state index contributed by atoms with van der Waals surface area (Å²) in [6.07, 6.45) is 7.30. The minimum absolute atomic E-state index is 0.0396. The van der Waals surface area contributed by atoms with Crippen LogP contribution in [0, 0.1) is 0 Å². The molecule has 6 aromatic carbocycles. The molecule has 0 unspecified atom stereocenters. The van der Waals surface area contributed by atoms with E-state index in [2.05, 4.69) is 136 Å². The van der Waals surface area contributed by atoms with Gasteiger partial charge in [-0.3, -0.25) is 9.97 Å². The first-order chi connectivity index (χ1) is 25.8. The first-order valence-electron chi connectivity index (χ1n) is 17.5. The summed E-state index contributed by atoms with van der Waals surface area (Å²) in [4.78, 5) is 8.44. The minimum Gasteiger partial charge on any atom is -0.458 e. The summed E-state index contributed by atoms with van der Waals surface area (Å²) >= 11 is 0. The van der Waals surface area contributed by atoms with Crippen molar-refractivity contribution in [2.75, 3.05) is 0 Å². The fraction of sp³-hybridized carbons (Fsp3) is 0. The van der Waals surface area contributed by atoms with Crippen LogP contribution in [-0.4, -0.2) is 21.2 Å². The van der Waals surface area contributed by atoms with Crippen LogP contribution in [0.3, 0.4) is 0 Å². The molecule has 9 aromatic rings. The standard InChI is InChI=1S/C46H28BN3O2/c1-3-7-40-36(5-1)37-6-2-4-8-41(37)50(40)35-13-9-29(10-14-35)34-27-44-46-45(28-34)52-43-26-33(31-19-23-49-24-20-31)12-16-39(43)47(46)38-15-11-32(25-42(38)51-44)30-17-21-48-22-18-30/h1-28H. The van der Waals surface area contributed by atoms with Gasteiger partial charge in [-0.2, -0.15) is 0 Å². The SMILES string of the molecule is c1ccc2c(c1)c1ccccc1n2-c1ccc(-c2cc3c4c(c2)Oc2cc(-c5ccncc5)ccc2B4c2ccc(-c4ccncc4)cc2O3)cc1. The van der Waals surface area contributed by atoms with E-state index >= 15 is 0 Å². The maximum absolute atomic E-state index is 6.83. The maximum atomic E-state index is 6.83. The van der Waals surface area contributed by atoms with Gasteiger partial charge in [0.2, 0.25) is 0 Å². The summed E-state index contributed by atoms with van der Waals surface area (Å²) in [5, 5.41) is 2.50. The van der Waals surface area contributed by atoms with Crippen LogP contribution in [0.15, 0.2) is 170 Å². The molecule has 0 aliphatic carbocycles. The van der Waals surface area contributed by atoms with Gasteiger partial charge in [0.15, 0.2) is 0 Å². The fourth-order valence-corrected chi connectivity index (χ4v) is 8.11. The van der Waals surface area contributed by atoms with Gasteiger partial charge >= 0.3 is 0 Å². The number of para-hydroxylation sites is 2. The second kappa shape index (κ2) is 11.3. The monoisotopic (exact) mass is 665 g/mol. The van der Waals surface area contributed by atoms with Gasteiger partial charge in [-0.05, 0) is 117 Å². The Hall–Kier alpha value is -6.92. The van der Waals surface area contributed by atoms with Gasteiger partial charge in [-0.1, -0.05) is 72.8 Å². The topological polar surface area (TPSA) is 49.2 Å². The van der Waals surface area contributed by atoms with E-state index in [0.717, 1.165) is 78.5 Å². The molecule has 0 N–H and O–H groups in total. The quantitative estimate of drug-likeness (QED) is 0.176. The van der Waals surface area contributed by atoms with Crippen LogP contribution < -0.4 is 25.9 Å². The molecule has 0 fully saturated rings. The maximum Gasteiger partial charge on any atom is 0.260 e. The average Bonchev–Trinajstić information content (AvgIpc) is 3.55. The second-order valence-corrected chi connectivity index (χ2v) is 13.4. The van der Waals surface area contributed by atoms with E-state index in [0.29, 0.717) is 0 Å². The highest BCUT2D eigenvalue weighted by Gasteiger charge is 2.40. The zero-order valence-corrected chi connectivity index (χ0v) is 27.9. The Balaban J connectivity index is 1.05. The number of benzene rings is 6. The van der Waals surface area contributed by atoms with Crippen molar-refractivity contribution in [3.05, 3.63) is 170 Å². The highest BCUT2D eigenvalue weighted by molar-refractivity contribution is 6.98. The third-order valence-electron chi connectivity index (χ3n) is 10.5. The van der Waals surface area contributed by atoms with Crippen molar-refractivity contribution in [1.29, 1.82) is 0 Å². The Morgan fingerprint density at radius 1 is 0.404 bits per heavy atom. The summed E-state index contributed by atoms with van der Waals surface area (Å²) in [6, 6.07) is 51.5. The molecule has 2 aliphatic heterocycles. The molecule has 242 valence electrons. The van der Waals surface area contributed by atoms with Crippen molar-refractivity contribution in [3.8, 4) is 62.1 Å². The largest absolute Gasteiger partial charge is 0.458 e. The number of hydrogen-bond acceptors (Lipinski definition) is 4. The van der Waals surface area contributed by atoms with Crippen LogP contribution in [-0.2, 0) is 0 Å². The minimum atomic E-state index is -0.0396. The molecule has 0 atom stereocenters. The molecule has 0 saturated carbocycles. The molecular formula is C46H28BN3O2. The Morgan fingerprint density at radius 2 is 0.846 bits per heavy atom. The van der Waals surface area contributed by atoms with E-state index in [4.69, 9.17) is 9.47 Å². The van der Waals surface area contributed by atoms with Crippen LogP contribution in [0.1, 0.15) is 0 Å². The Morgan fingerprint density at radius 3 is 1.37 bits per heavy atom. The zero-order valence-electron chi connectivity index (χ0n) is 27.9. The van der Waals surface area contributed by atoms with Crippen LogP contribution in [0.25, 0.3) is 60.9 Å². The molecule has 0 radical (unpaired) electrons. The Kier molecular flexibility index (Phi) is 6.28. The van der Waals surface area contributed by atoms with Crippen molar-refractivity contribution in [2.24, 2.45) is 0 Å². The molecule has 0 bridgehead atoms. The van der Waals surface area contributed by atoms with Crippen molar-refractivity contribution in [2.45, 2.75) is 0 Å². The van der Waals surface area contributed by atoms with Crippen LogP contribution in [0.5, 0.6) is 23.0 Å². The third kappa shape index (κ3) is 4.44. The van der Waals surface area contributed by atoms with Crippen LogP contribution >= 0.6 is 0 Å². The summed E-state index contributed by atoms with van der Waals surface area (Å²) in [5.41, 5.74) is 13.3. The van der Waals surface area contributed by atoms with Gasteiger partial charge in [0.1, 0.15) is 23.0 Å². The molecule has 52 heavy (non-hydrogen) atoms. The van der Waals surface area contributed by atoms with Gasteiger partial charge in [0, 0.05) is 46.7 Å². The average molecular weight is 666 g/mol. The third-order valence-corrected chi connectivity index (χ3v) is 10.5. The molecule has 2 aliphatic rings. The smallest absolute Gasteiger partial charge is 0.260 e. The molecule has 11 rings (SSSR count). The van der Waals surface area contributed by atoms with Gasteiger partial charge in [0.25, 0.3) is 6.71 Å². The Bertz CT molecular complexity index is 2680. The summed E-state index contributed by atoms with van der Waals surface area (Å²) in [7, 11) is 0. The summed E-state index contributed by atoms with van der Waals surface area (Å²) in [5.74, 6) is 3.32. The predicted molar refractivity (Wildman–Crippen MR) is 210 cm³/mol. The zero-order chi connectivity index (χ0) is 34.2. The molecule has 6 heteroatoms. The van der Waals surface area contributed by atoms with Crippen LogP contribution in [0.4, 0.5) is 0 Å². The van der Waals surface area contributed by atoms with Crippen molar-refractivity contribution in [1.82, 2.24) is 14.5 Å². The number of hydrogen-bond donors (Lipinski definition) is 0. The molecule has 5 nitrogen and oxygen atoms in total. The normalized spacial score (nSPS) is 12.5. The lowest BCUT2D eigenvalue weighted by Crippen LogP contribution is -2.57. The van der Waals surface area contributed by atoms with Crippen molar-refractivity contribution >= 4 is 44.9 Å². The first kappa shape index (κ1) is 28.9. The Labute approximate surface area is 300 Å². The number of rotatable bonds is 4. The highest BCUT2D eigenvalue weighted by Crippen LogP contribution is 2.40. The van der Waals surface area contributed by atoms with Gasteiger partial charge in [-0.15, -0.1) is 0 Å². The van der Waals surface area contributed by atoms with E-state index in [1.165, 1.54) is 21.8 Å². The lowest BCUT2D eigenvalue weighted by Gasteiger charge is -2.34. The lowest BCUT2D eigenvalue weighted by molar-refractivity contribution is 0.465. The predicted octanol–water partition coefficient (Wildman–Crippen LogP) is 9.30. The van der Waals surface area contributed by atoms with E-state index in [9.17, 15) is 0 Å². The van der Waals surface area contributed by atoms with E-state index in [1.54, 1.807) is 0 Å². The van der Waals surface area contributed by atoms with Crippen molar-refractivity contribution < 1.29 is 9.47 Å². The molecule has 0 spiro atoms. The fourth-order valence-electron chi connectivity index (χ4n) is 8.11. The van der Waals surface area contributed by atoms with Gasteiger partial charge in [0.05, 0.1) is 11.0 Å². The van der Waals surface area contributed by atoms with Crippen LogP contribution in [0.2, 0.25) is 0 Å². The highest BCUT2D eigenvalue weighted by atomic mass is 16.5. The van der Waals surface area contributed by atoms with E-state index in [1.807, 2.05) is 49.1 Å². The number of ether oxygens (including phenoxy) is 2. The van der Waals surface area contributed by atoms with Gasteiger partial charge in [-0.25, -0.2) is 0 Å². The van der Waals surface area contributed by atoms with E-state index < -0.39 is 0 Å². The summed E-state index contributed by atoms with van der Waals surface area (Å²) < 4.78 is 16.0. The molecular weight excluding hydrogens is 637 g/mol. The number of fused-ring (bicyclic) bond motifs is 7. The number of aromatic nitrogens is 3. The van der Waals surface area contributed by atoms with Gasteiger partial charge < -0.3 is 14.0 Å².